The highest BCUT2D eigenvalue weighted by Gasteiger charge is 2.33. The summed E-state index contributed by atoms with van der Waals surface area (Å²) in [5.74, 6) is 0.0692. The number of benzene rings is 1. The van der Waals surface area contributed by atoms with Crippen molar-refractivity contribution in [2.45, 2.75) is 50.0 Å². The largest absolute Gasteiger partial charge is 0.342 e. The second kappa shape index (κ2) is 7.43. The van der Waals surface area contributed by atoms with Crippen LogP contribution in [0.4, 0.5) is 0 Å². The van der Waals surface area contributed by atoms with Gasteiger partial charge in [-0.2, -0.15) is 4.31 Å². The number of sulfonamides is 1. The van der Waals surface area contributed by atoms with E-state index in [1.165, 1.54) is 0 Å². The Morgan fingerprint density at radius 1 is 1.16 bits per heavy atom. The maximum absolute atomic E-state index is 13.1. The van der Waals surface area contributed by atoms with E-state index in [4.69, 9.17) is 5.73 Å². The Bertz CT molecular complexity index is 748. The summed E-state index contributed by atoms with van der Waals surface area (Å²) in [6.45, 7) is 3.81. The second-order valence-electron chi connectivity index (χ2n) is 6.94. The molecule has 0 aliphatic carbocycles. The summed E-state index contributed by atoms with van der Waals surface area (Å²) in [4.78, 5) is 13.8. The SMILES string of the molecule is CC(=O)N1CCc2ccc(S(=O)(=O)N3CCCCC3CN)cc2CC1. The maximum atomic E-state index is 13.1. The van der Waals surface area contributed by atoms with Gasteiger partial charge >= 0.3 is 0 Å². The van der Waals surface area contributed by atoms with Gasteiger partial charge in [-0.3, -0.25) is 4.79 Å². The number of hydrogen-bond donors (Lipinski definition) is 1. The van der Waals surface area contributed by atoms with Gasteiger partial charge in [0, 0.05) is 39.1 Å². The van der Waals surface area contributed by atoms with Gasteiger partial charge in [-0.1, -0.05) is 12.5 Å². The third-order valence-electron chi connectivity index (χ3n) is 5.38. The molecule has 6 nitrogen and oxygen atoms in total. The summed E-state index contributed by atoms with van der Waals surface area (Å²) >= 11 is 0. The highest BCUT2D eigenvalue weighted by Crippen LogP contribution is 2.27. The first-order valence-corrected chi connectivity index (χ1v) is 10.5. The maximum Gasteiger partial charge on any atom is 0.243 e. The summed E-state index contributed by atoms with van der Waals surface area (Å²) in [5, 5.41) is 0. The predicted molar refractivity (Wildman–Crippen MR) is 96.7 cm³/mol. The van der Waals surface area contributed by atoms with Crippen LogP contribution < -0.4 is 5.73 Å². The molecule has 2 N–H and O–H groups in total. The number of fused-ring (bicyclic) bond motifs is 1. The van der Waals surface area contributed by atoms with Gasteiger partial charge in [-0.25, -0.2) is 8.42 Å². The molecule has 1 fully saturated rings. The van der Waals surface area contributed by atoms with E-state index in [0.717, 1.165) is 36.8 Å². The van der Waals surface area contributed by atoms with Crippen molar-refractivity contribution >= 4 is 15.9 Å². The van der Waals surface area contributed by atoms with E-state index in [2.05, 4.69) is 0 Å². The first-order valence-electron chi connectivity index (χ1n) is 9.02. The molecule has 1 unspecified atom stereocenters. The van der Waals surface area contributed by atoms with E-state index in [1.54, 1.807) is 23.4 Å². The molecule has 1 saturated heterocycles. The molecule has 0 spiro atoms. The van der Waals surface area contributed by atoms with Gasteiger partial charge < -0.3 is 10.6 Å². The van der Waals surface area contributed by atoms with E-state index in [-0.39, 0.29) is 11.9 Å². The quantitative estimate of drug-likeness (QED) is 0.870. The number of hydrogen-bond acceptors (Lipinski definition) is 4. The minimum Gasteiger partial charge on any atom is -0.342 e. The van der Waals surface area contributed by atoms with Gasteiger partial charge in [0.05, 0.1) is 4.90 Å². The fourth-order valence-corrected chi connectivity index (χ4v) is 5.59. The zero-order chi connectivity index (χ0) is 18.0. The number of carbonyl (C=O) groups excluding carboxylic acids is 1. The average molecular weight is 365 g/mol. The third-order valence-corrected chi connectivity index (χ3v) is 7.32. The summed E-state index contributed by atoms with van der Waals surface area (Å²) in [5.41, 5.74) is 7.97. The first-order chi connectivity index (χ1) is 11.9. The van der Waals surface area contributed by atoms with Crippen molar-refractivity contribution in [3.8, 4) is 0 Å². The average Bonchev–Trinajstić information content (AvgIpc) is 2.83. The zero-order valence-corrected chi connectivity index (χ0v) is 15.6. The Kier molecular flexibility index (Phi) is 5.46. The van der Waals surface area contributed by atoms with Crippen LogP contribution in [0.15, 0.2) is 23.1 Å². The molecule has 0 aromatic heterocycles. The van der Waals surface area contributed by atoms with Crippen LogP contribution in [-0.4, -0.2) is 55.8 Å². The Balaban J connectivity index is 1.88. The third kappa shape index (κ3) is 3.73. The van der Waals surface area contributed by atoms with E-state index < -0.39 is 10.0 Å². The Morgan fingerprint density at radius 2 is 1.88 bits per heavy atom. The van der Waals surface area contributed by atoms with Crippen LogP contribution in [0, 0.1) is 0 Å². The van der Waals surface area contributed by atoms with Crippen molar-refractivity contribution in [1.29, 1.82) is 0 Å². The normalized spacial score (nSPS) is 22.3. The summed E-state index contributed by atoms with van der Waals surface area (Å²) < 4.78 is 27.8. The molecule has 0 saturated carbocycles. The number of carbonyl (C=O) groups is 1. The lowest BCUT2D eigenvalue weighted by Gasteiger charge is -2.34. The van der Waals surface area contributed by atoms with Crippen LogP contribution in [0.25, 0.3) is 0 Å². The van der Waals surface area contributed by atoms with Crippen molar-refractivity contribution in [3.05, 3.63) is 29.3 Å². The number of amides is 1. The van der Waals surface area contributed by atoms with Gasteiger partial charge in [0.25, 0.3) is 0 Å². The molecule has 1 aromatic rings. The fraction of sp³-hybridized carbons (Fsp3) is 0.611. The van der Waals surface area contributed by atoms with Gasteiger partial charge in [-0.05, 0) is 48.9 Å². The van der Waals surface area contributed by atoms with Gasteiger partial charge in [0.15, 0.2) is 0 Å². The number of rotatable bonds is 3. The Morgan fingerprint density at radius 3 is 2.56 bits per heavy atom. The molecule has 0 radical (unpaired) electrons. The lowest BCUT2D eigenvalue weighted by molar-refractivity contribution is -0.128. The van der Waals surface area contributed by atoms with E-state index in [9.17, 15) is 13.2 Å². The Labute approximate surface area is 150 Å². The van der Waals surface area contributed by atoms with Crippen molar-refractivity contribution in [1.82, 2.24) is 9.21 Å². The van der Waals surface area contributed by atoms with Crippen molar-refractivity contribution < 1.29 is 13.2 Å². The van der Waals surface area contributed by atoms with E-state index in [1.807, 2.05) is 11.0 Å². The molecule has 0 bridgehead atoms. The van der Waals surface area contributed by atoms with Gasteiger partial charge in [0.2, 0.25) is 15.9 Å². The monoisotopic (exact) mass is 365 g/mol. The predicted octanol–water partition coefficient (Wildman–Crippen LogP) is 1.14. The Hall–Kier alpha value is -1.44. The minimum atomic E-state index is -3.53. The number of nitrogens with zero attached hydrogens (tertiary/aromatic N) is 2. The summed E-state index contributed by atoms with van der Waals surface area (Å²) in [6, 6.07) is 5.31. The van der Waals surface area contributed by atoms with Crippen LogP contribution in [0.1, 0.15) is 37.3 Å². The minimum absolute atomic E-state index is 0.0692. The molecule has 2 aliphatic rings. The molecule has 7 heteroatoms. The molecule has 2 heterocycles. The lowest BCUT2D eigenvalue weighted by Crippen LogP contribution is -2.47. The van der Waals surface area contributed by atoms with Crippen LogP contribution in [0.3, 0.4) is 0 Å². The molecule has 2 aliphatic heterocycles. The molecule has 1 atom stereocenters. The van der Waals surface area contributed by atoms with E-state index >= 15 is 0 Å². The van der Waals surface area contributed by atoms with Crippen molar-refractivity contribution in [2.24, 2.45) is 5.73 Å². The summed E-state index contributed by atoms with van der Waals surface area (Å²) in [7, 11) is -3.53. The highest BCUT2D eigenvalue weighted by molar-refractivity contribution is 7.89. The fourth-order valence-electron chi connectivity index (χ4n) is 3.84. The van der Waals surface area contributed by atoms with Crippen LogP contribution in [0.5, 0.6) is 0 Å². The van der Waals surface area contributed by atoms with Gasteiger partial charge in [0.1, 0.15) is 0 Å². The number of piperidine rings is 1. The smallest absolute Gasteiger partial charge is 0.243 e. The molecular weight excluding hydrogens is 338 g/mol. The molecule has 138 valence electrons. The lowest BCUT2D eigenvalue weighted by atomic mass is 10.0. The van der Waals surface area contributed by atoms with Crippen molar-refractivity contribution in [3.63, 3.8) is 0 Å². The molecule has 25 heavy (non-hydrogen) atoms. The van der Waals surface area contributed by atoms with Crippen LogP contribution >= 0.6 is 0 Å². The number of nitrogens with two attached hydrogens (primary N) is 1. The van der Waals surface area contributed by atoms with Gasteiger partial charge in [-0.15, -0.1) is 0 Å². The standard InChI is InChI=1S/C18H27N3O3S/c1-14(22)20-10-7-15-5-6-18(12-16(15)8-11-20)25(23,24)21-9-3-2-4-17(21)13-19/h5-6,12,17H,2-4,7-11,13,19H2,1H3. The molecule has 1 amide bonds. The van der Waals surface area contributed by atoms with Crippen molar-refractivity contribution in [2.75, 3.05) is 26.2 Å². The zero-order valence-electron chi connectivity index (χ0n) is 14.8. The van der Waals surface area contributed by atoms with Crippen LogP contribution in [-0.2, 0) is 27.7 Å². The molecule has 3 rings (SSSR count). The molecular formula is C18H27N3O3S. The first kappa shape index (κ1) is 18.4. The highest BCUT2D eigenvalue weighted by atomic mass is 32.2. The summed E-state index contributed by atoms with van der Waals surface area (Å²) in [6.07, 6.45) is 4.20. The molecule has 1 aromatic carbocycles. The van der Waals surface area contributed by atoms with E-state index in [0.29, 0.717) is 37.5 Å². The second-order valence-corrected chi connectivity index (χ2v) is 8.83. The van der Waals surface area contributed by atoms with Crippen LogP contribution in [0.2, 0.25) is 0 Å². The topological polar surface area (TPSA) is 83.7 Å².